The van der Waals surface area contributed by atoms with Crippen molar-refractivity contribution in [3.63, 3.8) is 0 Å². The Bertz CT molecular complexity index is 745. The standard InChI is InChI=1S/C18H18BrNO3/c1-22-15-5-6-16(17(10-15)23-2)20-18(21)13-7-11-3-4-14(19)9-12(11)8-13/h3-6,9-10,13H,7-8H2,1-2H3,(H,20,21). The van der Waals surface area contributed by atoms with Gasteiger partial charge in [-0.05, 0) is 48.2 Å². The van der Waals surface area contributed by atoms with Crippen molar-refractivity contribution in [2.24, 2.45) is 5.92 Å². The van der Waals surface area contributed by atoms with Crippen molar-refractivity contribution in [3.8, 4) is 11.5 Å². The SMILES string of the molecule is COc1ccc(NC(=O)C2Cc3ccc(Br)cc3C2)c(OC)c1. The van der Waals surface area contributed by atoms with Crippen LogP contribution in [0.15, 0.2) is 40.9 Å². The van der Waals surface area contributed by atoms with Gasteiger partial charge in [0, 0.05) is 16.5 Å². The molecule has 120 valence electrons. The van der Waals surface area contributed by atoms with Crippen LogP contribution in [0.3, 0.4) is 0 Å². The maximum absolute atomic E-state index is 12.6. The average Bonchev–Trinajstić information content (AvgIpc) is 2.98. The third-order valence-electron chi connectivity index (χ3n) is 4.14. The van der Waals surface area contributed by atoms with Gasteiger partial charge in [0.25, 0.3) is 0 Å². The first-order chi connectivity index (χ1) is 11.1. The summed E-state index contributed by atoms with van der Waals surface area (Å²) in [5.41, 5.74) is 3.15. The van der Waals surface area contributed by atoms with Gasteiger partial charge in [0.2, 0.25) is 5.91 Å². The van der Waals surface area contributed by atoms with Crippen LogP contribution in [0, 0.1) is 5.92 Å². The molecule has 0 spiro atoms. The lowest BCUT2D eigenvalue weighted by atomic mass is 10.1. The van der Waals surface area contributed by atoms with Crippen LogP contribution in [-0.4, -0.2) is 20.1 Å². The first-order valence-corrected chi connectivity index (χ1v) is 8.20. The third-order valence-corrected chi connectivity index (χ3v) is 4.63. The molecule has 1 aliphatic carbocycles. The number of rotatable bonds is 4. The Labute approximate surface area is 143 Å². The number of carbonyl (C=O) groups is 1. The van der Waals surface area contributed by atoms with E-state index in [9.17, 15) is 4.79 Å². The van der Waals surface area contributed by atoms with E-state index >= 15 is 0 Å². The highest BCUT2D eigenvalue weighted by molar-refractivity contribution is 9.10. The van der Waals surface area contributed by atoms with Crippen molar-refractivity contribution in [1.29, 1.82) is 0 Å². The highest BCUT2D eigenvalue weighted by Crippen LogP contribution is 2.32. The van der Waals surface area contributed by atoms with Crippen LogP contribution in [0.1, 0.15) is 11.1 Å². The molecule has 0 heterocycles. The van der Waals surface area contributed by atoms with Gasteiger partial charge in [-0.3, -0.25) is 4.79 Å². The van der Waals surface area contributed by atoms with Gasteiger partial charge in [-0.15, -0.1) is 0 Å². The summed E-state index contributed by atoms with van der Waals surface area (Å²) in [6, 6.07) is 11.6. The molecule has 1 aliphatic rings. The molecule has 0 saturated heterocycles. The number of hydrogen-bond acceptors (Lipinski definition) is 3. The molecule has 1 amide bonds. The minimum Gasteiger partial charge on any atom is -0.497 e. The summed E-state index contributed by atoms with van der Waals surface area (Å²) >= 11 is 3.48. The number of halogens is 1. The molecule has 0 aliphatic heterocycles. The number of amides is 1. The number of benzene rings is 2. The summed E-state index contributed by atoms with van der Waals surface area (Å²) in [6.45, 7) is 0. The Morgan fingerprint density at radius 1 is 1.09 bits per heavy atom. The van der Waals surface area contributed by atoms with Gasteiger partial charge < -0.3 is 14.8 Å². The van der Waals surface area contributed by atoms with Crippen LogP contribution in [0.25, 0.3) is 0 Å². The zero-order valence-electron chi connectivity index (χ0n) is 13.1. The minimum atomic E-state index is -0.0499. The molecule has 0 fully saturated rings. The zero-order chi connectivity index (χ0) is 16.4. The Hall–Kier alpha value is -2.01. The van der Waals surface area contributed by atoms with Gasteiger partial charge in [0.05, 0.1) is 19.9 Å². The number of fused-ring (bicyclic) bond motifs is 1. The quantitative estimate of drug-likeness (QED) is 0.883. The van der Waals surface area contributed by atoms with Crippen molar-refractivity contribution < 1.29 is 14.3 Å². The molecule has 5 heteroatoms. The third kappa shape index (κ3) is 3.34. The summed E-state index contributed by atoms with van der Waals surface area (Å²) in [5, 5.41) is 2.97. The molecule has 0 saturated carbocycles. The fraction of sp³-hybridized carbons (Fsp3) is 0.278. The van der Waals surface area contributed by atoms with Crippen LogP contribution in [0.4, 0.5) is 5.69 Å². The van der Waals surface area contributed by atoms with E-state index in [1.165, 1.54) is 11.1 Å². The first-order valence-electron chi connectivity index (χ1n) is 7.41. The molecule has 1 unspecified atom stereocenters. The Morgan fingerprint density at radius 2 is 1.87 bits per heavy atom. The molecule has 23 heavy (non-hydrogen) atoms. The number of nitrogens with one attached hydrogen (secondary N) is 1. The highest BCUT2D eigenvalue weighted by atomic mass is 79.9. The second kappa shape index (κ2) is 6.62. The van der Waals surface area contributed by atoms with Gasteiger partial charge >= 0.3 is 0 Å². The second-order valence-corrected chi connectivity index (χ2v) is 6.49. The average molecular weight is 376 g/mol. The molecule has 2 aromatic rings. The van der Waals surface area contributed by atoms with Gasteiger partial charge in [0.1, 0.15) is 11.5 Å². The maximum Gasteiger partial charge on any atom is 0.228 e. The normalized spacial score (nSPS) is 15.9. The van der Waals surface area contributed by atoms with Crippen molar-refractivity contribution in [3.05, 3.63) is 52.0 Å². The summed E-state index contributed by atoms with van der Waals surface area (Å²) in [5.74, 6) is 1.25. The zero-order valence-corrected chi connectivity index (χ0v) is 14.6. The first kappa shape index (κ1) is 15.9. The molecule has 3 rings (SSSR count). The number of carbonyl (C=O) groups excluding carboxylic acids is 1. The van der Waals surface area contributed by atoms with Crippen molar-refractivity contribution in [2.75, 3.05) is 19.5 Å². The van der Waals surface area contributed by atoms with Gasteiger partial charge in [-0.2, -0.15) is 0 Å². The van der Waals surface area contributed by atoms with Crippen LogP contribution >= 0.6 is 15.9 Å². The summed E-state index contributed by atoms with van der Waals surface area (Å²) in [4.78, 5) is 12.6. The van der Waals surface area contributed by atoms with E-state index in [1.54, 1.807) is 32.4 Å². The van der Waals surface area contributed by atoms with E-state index < -0.39 is 0 Å². The summed E-state index contributed by atoms with van der Waals surface area (Å²) in [7, 11) is 3.17. The lowest BCUT2D eigenvalue weighted by molar-refractivity contribution is -0.119. The molecule has 2 aromatic carbocycles. The summed E-state index contributed by atoms with van der Waals surface area (Å²) < 4.78 is 11.6. The number of hydrogen-bond donors (Lipinski definition) is 1. The second-order valence-electron chi connectivity index (χ2n) is 5.57. The molecule has 0 radical (unpaired) electrons. The fourth-order valence-electron chi connectivity index (χ4n) is 2.91. The largest absolute Gasteiger partial charge is 0.497 e. The number of ether oxygens (including phenoxy) is 2. The molecule has 0 bridgehead atoms. The van der Waals surface area contributed by atoms with Crippen LogP contribution in [-0.2, 0) is 17.6 Å². The lowest BCUT2D eigenvalue weighted by Crippen LogP contribution is -2.23. The predicted molar refractivity (Wildman–Crippen MR) is 93.2 cm³/mol. The Balaban J connectivity index is 1.73. The number of methoxy groups -OCH3 is 2. The topological polar surface area (TPSA) is 47.6 Å². The van der Waals surface area contributed by atoms with Crippen LogP contribution in [0.2, 0.25) is 0 Å². The van der Waals surface area contributed by atoms with Crippen molar-refractivity contribution in [1.82, 2.24) is 0 Å². The minimum absolute atomic E-state index is 0.0146. The molecule has 4 nitrogen and oxygen atoms in total. The monoisotopic (exact) mass is 375 g/mol. The Kier molecular flexibility index (Phi) is 4.57. The number of anilines is 1. The fourth-order valence-corrected chi connectivity index (χ4v) is 3.32. The van der Waals surface area contributed by atoms with E-state index in [4.69, 9.17) is 9.47 Å². The molecular weight excluding hydrogens is 358 g/mol. The van der Waals surface area contributed by atoms with Gasteiger partial charge in [0.15, 0.2) is 0 Å². The van der Waals surface area contributed by atoms with E-state index in [0.717, 1.165) is 17.3 Å². The summed E-state index contributed by atoms with van der Waals surface area (Å²) in [6.07, 6.45) is 1.53. The predicted octanol–water partition coefficient (Wildman–Crippen LogP) is 3.82. The highest BCUT2D eigenvalue weighted by Gasteiger charge is 2.28. The maximum atomic E-state index is 12.6. The molecule has 1 N–H and O–H groups in total. The Morgan fingerprint density at radius 3 is 2.61 bits per heavy atom. The van der Waals surface area contributed by atoms with E-state index in [0.29, 0.717) is 17.2 Å². The molecular formula is C18H18BrNO3. The smallest absolute Gasteiger partial charge is 0.228 e. The van der Waals surface area contributed by atoms with Gasteiger partial charge in [-0.25, -0.2) is 0 Å². The van der Waals surface area contributed by atoms with E-state index in [1.807, 2.05) is 6.07 Å². The van der Waals surface area contributed by atoms with E-state index in [2.05, 4.69) is 33.4 Å². The van der Waals surface area contributed by atoms with Crippen molar-refractivity contribution >= 4 is 27.5 Å². The molecule has 1 atom stereocenters. The van der Waals surface area contributed by atoms with E-state index in [-0.39, 0.29) is 11.8 Å². The van der Waals surface area contributed by atoms with Crippen LogP contribution < -0.4 is 14.8 Å². The lowest BCUT2D eigenvalue weighted by Gasteiger charge is -2.14. The van der Waals surface area contributed by atoms with Crippen molar-refractivity contribution in [2.45, 2.75) is 12.8 Å². The van der Waals surface area contributed by atoms with Gasteiger partial charge in [-0.1, -0.05) is 22.0 Å². The molecule has 0 aromatic heterocycles. The van der Waals surface area contributed by atoms with Crippen LogP contribution in [0.5, 0.6) is 11.5 Å².